The van der Waals surface area contributed by atoms with Crippen molar-refractivity contribution < 1.29 is 18.7 Å². The second-order valence-corrected chi connectivity index (χ2v) is 11.2. The van der Waals surface area contributed by atoms with Crippen molar-refractivity contribution in [3.05, 3.63) is 83.4 Å². The van der Waals surface area contributed by atoms with Gasteiger partial charge in [0.05, 0.1) is 18.7 Å². The number of methoxy groups -OCH3 is 1. The summed E-state index contributed by atoms with van der Waals surface area (Å²) in [5.41, 5.74) is 6.63. The number of aromatic nitrogens is 4. The Balaban J connectivity index is 1.56. The standard InChI is InChI=1S/C32H34ClFN6O3/c1-21(41)32(31(35)42,20-22-7-10-25(34)11-8-22)39(26-5-3-4-6-26)17-18-40-30(24-9-12-28(43-2)27(33)19-24)37-29(38-40)23-13-15-36-16-14-23/h7-16,19,26H,3-6,17-18,20H2,1-2H3,(H2,35,42)/t32-/m1/s1. The van der Waals surface area contributed by atoms with Crippen molar-refractivity contribution in [2.75, 3.05) is 13.7 Å². The van der Waals surface area contributed by atoms with Crippen LogP contribution in [0.2, 0.25) is 5.02 Å². The van der Waals surface area contributed by atoms with E-state index < -0.39 is 17.3 Å². The number of pyridine rings is 1. The zero-order valence-electron chi connectivity index (χ0n) is 24.2. The number of ether oxygens (including phenoxy) is 1. The number of nitrogens with two attached hydrogens (primary N) is 1. The first kappa shape index (κ1) is 30.3. The molecule has 1 atom stereocenters. The van der Waals surface area contributed by atoms with Crippen LogP contribution in [0.5, 0.6) is 5.75 Å². The van der Waals surface area contributed by atoms with Crippen LogP contribution in [0.1, 0.15) is 38.2 Å². The van der Waals surface area contributed by atoms with E-state index in [4.69, 9.17) is 32.2 Å². The zero-order valence-corrected chi connectivity index (χ0v) is 24.9. The minimum Gasteiger partial charge on any atom is -0.495 e. The molecule has 0 radical (unpaired) electrons. The summed E-state index contributed by atoms with van der Waals surface area (Å²) in [6, 6.07) is 14.8. The Morgan fingerprint density at radius 1 is 1.09 bits per heavy atom. The van der Waals surface area contributed by atoms with E-state index >= 15 is 0 Å². The van der Waals surface area contributed by atoms with Crippen LogP contribution in [0.15, 0.2) is 67.0 Å². The minimum absolute atomic E-state index is 0.0367. The third kappa shape index (κ3) is 6.30. The molecule has 2 N–H and O–H groups in total. The van der Waals surface area contributed by atoms with Gasteiger partial charge in [-0.3, -0.25) is 19.5 Å². The molecule has 1 saturated carbocycles. The van der Waals surface area contributed by atoms with Crippen LogP contribution in [0.25, 0.3) is 22.8 Å². The van der Waals surface area contributed by atoms with E-state index in [0.717, 1.165) is 36.8 Å². The third-order valence-corrected chi connectivity index (χ3v) is 8.49. The van der Waals surface area contributed by atoms with E-state index in [2.05, 4.69) is 4.98 Å². The number of amides is 1. The first-order chi connectivity index (χ1) is 20.7. The van der Waals surface area contributed by atoms with Gasteiger partial charge in [0.25, 0.3) is 0 Å². The van der Waals surface area contributed by atoms with E-state index in [-0.39, 0.29) is 18.2 Å². The number of halogens is 2. The Kier molecular flexibility index (Phi) is 9.17. The number of carbonyl (C=O) groups excluding carboxylic acids is 2. The highest BCUT2D eigenvalue weighted by Gasteiger charge is 2.50. The number of Topliss-reactive ketones (excluding diaryl/α,β-unsaturated/α-hetero) is 1. The van der Waals surface area contributed by atoms with Gasteiger partial charge in [0.1, 0.15) is 11.6 Å². The van der Waals surface area contributed by atoms with Crippen molar-refractivity contribution in [2.45, 2.75) is 57.2 Å². The molecule has 1 fully saturated rings. The summed E-state index contributed by atoms with van der Waals surface area (Å²) in [6.45, 7) is 2.00. The number of rotatable bonds is 12. The molecule has 9 nitrogen and oxygen atoms in total. The van der Waals surface area contributed by atoms with Gasteiger partial charge in [0, 0.05) is 42.5 Å². The number of benzene rings is 2. The van der Waals surface area contributed by atoms with Gasteiger partial charge in [-0.1, -0.05) is 36.6 Å². The van der Waals surface area contributed by atoms with Crippen LogP contribution < -0.4 is 10.5 Å². The average molecular weight is 605 g/mol. The van der Waals surface area contributed by atoms with Crippen molar-refractivity contribution in [3.8, 4) is 28.5 Å². The molecule has 0 aliphatic heterocycles. The first-order valence-corrected chi connectivity index (χ1v) is 14.6. The highest BCUT2D eigenvalue weighted by Crippen LogP contribution is 2.34. The Hall–Kier alpha value is -4.15. The molecule has 2 aromatic carbocycles. The fourth-order valence-electron chi connectivity index (χ4n) is 5.97. The van der Waals surface area contributed by atoms with E-state index in [9.17, 15) is 14.0 Å². The smallest absolute Gasteiger partial charge is 0.246 e. The highest BCUT2D eigenvalue weighted by atomic mass is 35.5. The van der Waals surface area contributed by atoms with Crippen LogP contribution in [0.3, 0.4) is 0 Å². The summed E-state index contributed by atoms with van der Waals surface area (Å²) >= 11 is 6.47. The lowest BCUT2D eigenvalue weighted by molar-refractivity contribution is -0.144. The van der Waals surface area contributed by atoms with Gasteiger partial charge >= 0.3 is 0 Å². The molecule has 1 aliphatic rings. The molecule has 0 unspecified atom stereocenters. The molecule has 224 valence electrons. The first-order valence-electron chi connectivity index (χ1n) is 14.2. The lowest BCUT2D eigenvalue weighted by Crippen LogP contribution is -2.66. The predicted molar refractivity (Wildman–Crippen MR) is 162 cm³/mol. The van der Waals surface area contributed by atoms with Crippen molar-refractivity contribution in [1.82, 2.24) is 24.6 Å². The summed E-state index contributed by atoms with van der Waals surface area (Å²) in [5.74, 6) is 0.117. The lowest BCUT2D eigenvalue weighted by atomic mass is 9.83. The molecular weight excluding hydrogens is 571 g/mol. The fourth-order valence-corrected chi connectivity index (χ4v) is 6.23. The second-order valence-electron chi connectivity index (χ2n) is 10.8. The van der Waals surface area contributed by atoms with Gasteiger partial charge in [-0.05, 0) is 67.8 Å². The Labute approximate surface area is 254 Å². The van der Waals surface area contributed by atoms with Crippen LogP contribution in [-0.2, 0) is 22.6 Å². The fraction of sp³-hybridized carbons (Fsp3) is 0.344. The van der Waals surface area contributed by atoms with E-state index in [1.54, 1.807) is 48.5 Å². The number of hydrogen-bond donors (Lipinski definition) is 1. The predicted octanol–water partition coefficient (Wildman–Crippen LogP) is 5.11. The molecule has 11 heteroatoms. The average Bonchev–Trinajstić information content (AvgIpc) is 3.69. The molecule has 5 rings (SSSR count). The molecule has 0 spiro atoms. The number of primary amides is 1. The van der Waals surface area contributed by atoms with Gasteiger partial charge in [-0.25, -0.2) is 14.1 Å². The van der Waals surface area contributed by atoms with Gasteiger partial charge in [0.15, 0.2) is 23.0 Å². The normalized spacial score (nSPS) is 15.0. The Morgan fingerprint density at radius 2 is 1.79 bits per heavy atom. The summed E-state index contributed by atoms with van der Waals surface area (Å²) < 4.78 is 20.8. The summed E-state index contributed by atoms with van der Waals surface area (Å²) in [4.78, 5) is 37.7. The van der Waals surface area contributed by atoms with E-state index in [1.807, 2.05) is 23.1 Å². The maximum absolute atomic E-state index is 13.7. The third-order valence-electron chi connectivity index (χ3n) is 8.19. The minimum atomic E-state index is -1.62. The van der Waals surface area contributed by atoms with Crippen molar-refractivity contribution in [2.24, 2.45) is 5.73 Å². The molecule has 4 aromatic rings. The number of ketones is 1. The van der Waals surface area contributed by atoms with Gasteiger partial charge < -0.3 is 10.5 Å². The Morgan fingerprint density at radius 3 is 2.40 bits per heavy atom. The molecule has 43 heavy (non-hydrogen) atoms. The Bertz CT molecular complexity index is 1570. The maximum Gasteiger partial charge on any atom is 0.246 e. The molecule has 2 heterocycles. The van der Waals surface area contributed by atoms with Gasteiger partial charge in [-0.2, -0.15) is 5.10 Å². The van der Waals surface area contributed by atoms with Gasteiger partial charge in [0.2, 0.25) is 5.91 Å². The molecule has 2 aromatic heterocycles. The van der Waals surface area contributed by atoms with Gasteiger partial charge in [-0.15, -0.1) is 0 Å². The van der Waals surface area contributed by atoms with Crippen LogP contribution in [0.4, 0.5) is 4.39 Å². The molecule has 1 amide bonds. The van der Waals surface area contributed by atoms with Crippen LogP contribution >= 0.6 is 11.6 Å². The van der Waals surface area contributed by atoms with Crippen molar-refractivity contribution in [1.29, 1.82) is 0 Å². The van der Waals surface area contributed by atoms with E-state index in [0.29, 0.717) is 41.1 Å². The number of carbonyl (C=O) groups is 2. The summed E-state index contributed by atoms with van der Waals surface area (Å²) in [5, 5.41) is 5.25. The van der Waals surface area contributed by atoms with Crippen molar-refractivity contribution >= 4 is 23.3 Å². The molecule has 0 bridgehead atoms. The van der Waals surface area contributed by atoms with Crippen LogP contribution in [-0.4, -0.2) is 61.6 Å². The van der Waals surface area contributed by atoms with E-state index in [1.165, 1.54) is 19.1 Å². The topological polar surface area (TPSA) is 116 Å². The SMILES string of the molecule is COc1ccc(-c2nc(-c3ccncc3)nn2CCN(C2CCCC2)[C@](Cc2ccc(F)cc2)(C(C)=O)C(N)=O)cc1Cl. The van der Waals surface area contributed by atoms with Crippen LogP contribution in [0, 0.1) is 5.82 Å². The molecule has 0 saturated heterocycles. The quantitative estimate of drug-likeness (QED) is 0.223. The molecule has 1 aliphatic carbocycles. The highest BCUT2D eigenvalue weighted by molar-refractivity contribution is 6.32. The maximum atomic E-state index is 13.7. The zero-order chi connectivity index (χ0) is 30.6. The number of hydrogen-bond acceptors (Lipinski definition) is 7. The second kappa shape index (κ2) is 13.0. The number of nitrogens with zero attached hydrogens (tertiary/aromatic N) is 5. The monoisotopic (exact) mass is 604 g/mol. The largest absolute Gasteiger partial charge is 0.495 e. The van der Waals surface area contributed by atoms with Crippen molar-refractivity contribution in [3.63, 3.8) is 0 Å². The summed E-state index contributed by atoms with van der Waals surface area (Å²) in [7, 11) is 1.55. The molecular formula is C32H34ClFN6O3. The lowest BCUT2D eigenvalue weighted by Gasteiger charge is -2.43. The summed E-state index contributed by atoms with van der Waals surface area (Å²) in [6.07, 6.45) is 7.00.